The van der Waals surface area contributed by atoms with Gasteiger partial charge in [-0.3, -0.25) is 0 Å². The van der Waals surface area contributed by atoms with Crippen molar-refractivity contribution < 1.29 is 0 Å². The van der Waals surface area contributed by atoms with Crippen molar-refractivity contribution in [3.05, 3.63) is 0 Å². The summed E-state index contributed by atoms with van der Waals surface area (Å²) in [6.45, 7) is 15.6. The van der Waals surface area contributed by atoms with Gasteiger partial charge in [0, 0.05) is 12.6 Å². The number of nitrogens with zero attached hydrogens (tertiary/aromatic N) is 2. The third-order valence-electron chi connectivity index (χ3n) is 2.84. The molecule has 15 heavy (non-hydrogen) atoms. The summed E-state index contributed by atoms with van der Waals surface area (Å²) in [6.07, 6.45) is 1.25. The van der Waals surface area contributed by atoms with Crippen molar-refractivity contribution in [2.75, 3.05) is 39.3 Å². The highest BCUT2D eigenvalue weighted by Gasteiger charge is 2.05. The van der Waals surface area contributed by atoms with Gasteiger partial charge in [0.15, 0.2) is 0 Å². The molecule has 0 spiro atoms. The van der Waals surface area contributed by atoms with Crippen LogP contribution in [-0.2, 0) is 0 Å². The summed E-state index contributed by atoms with van der Waals surface area (Å²) < 4.78 is 0. The van der Waals surface area contributed by atoms with Crippen molar-refractivity contribution in [3.63, 3.8) is 0 Å². The molecule has 0 fully saturated rings. The van der Waals surface area contributed by atoms with Gasteiger partial charge in [-0.2, -0.15) is 0 Å². The van der Waals surface area contributed by atoms with Crippen molar-refractivity contribution in [1.29, 1.82) is 0 Å². The smallest absolute Gasteiger partial charge is 0.0139 e. The summed E-state index contributed by atoms with van der Waals surface area (Å²) in [7, 11) is 0. The van der Waals surface area contributed by atoms with Gasteiger partial charge < -0.3 is 15.5 Å². The minimum absolute atomic E-state index is 0.290. The first kappa shape index (κ1) is 14.9. The van der Waals surface area contributed by atoms with Crippen molar-refractivity contribution in [1.82, 2.24) is 9.80 Å². The molecule has 3 heteroatoms. The topological polar surface area (TPSA) is 32.5 Å². The second kappa shape index (κ2) is 9.13. The highest BCUT2D eigenvalue weighted by Crippen LogP contribution is 1.96. The molecule has 0 aromatic rings. The van der Waals surface area contributed by atoms with E-state index in [9.17, 15) is 0 Å². The van der Waals surface area contributed by atoms with Gasteiger partial charge in [0.2, 0.25) is 0 Å². The lowest BCUT2D eigenvalue weighted by molar-refractivity contribution is 0.237. The molecule has 0 aliphatic heterocycles. The van der Waals surface area contributed by atoms with E-state index in [1.54, 1.807) is 0 Å². The van der Waals surface area contributed by atoms with Gasteiger partial charge in [-0.15, -0.1) is 0 Å². The lowest BCUT2D eigenvalue weighted by atomic mass is 10.3. The highest BCUT2D eigenvalue weighted by atomic mass is 15.1. The van der Waals surface area contributed by atoms with Crippen LogP contribution < -0.4 is 5.73 Å². The van der Waals surface area contributed by atoms with E-state index in [0.29, 0.717) is 6.04 Å². The lowest BCUT2D eigenvalue weighted by Crippen LogP contribution is -2.37. The van der Waals surface area contributed by atoms with E-state index < -0.39 is 0 Å². The van der Waals surface area contributed by atoms with Crippen molar-refractivity contribution in [3.8, 4) is 0 Å². The van der Waals surface area contributed by atoms with E-state index in [1.165, 1.54) is 19.5 Å². The predicted molar refractivity (Wildman–Crippen MR) is 68.2 cm³/mol. The quantitative estimate of drug-likeness (QED) is 0.631. The van der Waals surface area contributed by atoms with Crippen LogP contribution in [0.3, 0.4) is 0 Å². The predicted octanol–water partition coefficient (Wildman–Crippen LogP) is 1.39. The normalized spacial score (nSPS) is 13.8. The second-order valence-electron chi connectivity index (χ2n) is 4.25. The first-order valence-corrected chi connectivity index (χ1v) is 6.34. The molecule has 0 saturated carbocycles. The summed E-state index contributed by atoms with van der Waals surface area (Å²) in [4.78, 5) is 4.91. The van der Waals surface area contributed by atoms with Gasteiger partial charge in [0.05, 0.1) is 0 Å². The maximum atomic E-state index is 5.80. The molecular weight excluding hydrogens is 186 g/mol. The van der Waals surface area contributed by atoms with Crippen LogP contribution >= 0.6 is 0 Å². The Balaban J connectivity index is 3.61. The molecule has 0 amide bonds. The van der Waals surface area contributed by atoms with Crippen LogP contribution in [0.2, 0.25) is 0 Å². The first-order valence-electron chi connectivity index (χ1n) is 6.34. The molecule has 0 radical (unpaired) electrons. The van der Waals surface area contributed by atoms with E-state index in [0.717, 1.165) is 26.2 Å². The third kappa shape index (κ3) is 7.77. The fourth-order valence-corrected chi connectivity index (χ4v) is 1.84. The summed E-state index contributed by atoms with van der Waals surface area (Å²) >= 11 is 0. The van der Waals surface area contributed by atoms with Crippen LogP contribution in [0.15, 0.2) is 0 Å². The van der Waals surface area contributed by atoms with Gasteiger partial charge >= 0.3 is 0 Å². The summed E-state index contributed by atoms with van der Waals surface area (Å²) in [5.74, 6) is 0. The zero-order valence-corrected chi connectivity index (χ0v) is 11.0. The van der Waals surface area contributed by atoms with E-state index in [1.807, 2.05) is 0 Å². The first-order chi connectivity index (χ1) is 7.13. The van der Waals surface area contributed by atoms with Crippen LogP contribution in [0, 0.1) is 0 Å². The Morgan fingerprint density at radius 2 is 1.40 bits per heavy atom. The Hall–Kier alpha value is -0.120. The fourth-order valence-electron chi connectivity index (χ4n) is 1.84. The van der Waals surface area contributed by atoms with Crippen LogP contribution in [0.5, 0.6) is 0 Å². The Labute approximate surface area is 95.6 Å². The third-order valence-corrected chi connectivity index (χ3v) is 2.84. The minimum atomic E-state index is 0.290. The standard InChI is InChI=1S/C12H29N3/c1-5-14(6-2)9-8-10-15(7-3)11-12(4)13/h12H,5-11,13H2,1-4H3/t12-/m1/s1. The van der Waals surface area contributed by atoms with Crippen LogP contribution in [0.1, 0.15) is 34.1 Å². The zero-order chi connectivity index (χ0) is 11.7. The van der Waals surface area contributed by atoms with Crippen molar-refractivity contribution >= 4 is 0 Å². The number of likely N-dealkylation sites (N-methyl/N-ethyl adjacent to an activating group) is 1. The molecule has 0 unspecified atom stereocenters. The number of hydrogen-bond donors (Lipinski definition) is 1. The molecule has 0 aliphatic carbocycles. The van der Waals surface area contributed by atoms with E-state index in [-0.39, 0.29) is 0 Å². The molecule has 0 aromatic heterocycles. The van der Waals surface area contributed by atoms with Crippen LogP contribution in [0.4, 0.5) is 0 Å². The molecule has 1 atom stereocenters. The average Bonchev–Trinajstić information content (AvgIpc) is 2.22. The number of nitrogens with two attached hydrogens (primary N) is 1. The molecule has 0 rings (SSSR count). The van der Waals surface area contributed by atoms with Gasteiger partial charge in [0.1, 0.15) is 0 Å². The van der Waals surface area contributed by atoms with Gasteiger partial charge in [-0.25, -0.2) is 0 Å². The molecule has 0 saturated heterocycles. The maximum Gasteiger partial charge on any atom is 0.0139 e. The lowest BCUT2D eigenvalue weighted by Gasteiger charge is -2.24. The highest BCUT2D eigenvalue weighted by molar-refractivity contribution is 4.64. The molecule has 0 bridgehead atoms. The van der Waals surface area contributed by atoms with E-state index in [4.69, 9.17) is 5.73 Å². The molecule has 0 aromatic carbocycles. The number of rotatable bonds is 9. The van der Waals surface area contributed by atoms with E-state index in [2.05, 4.69) is 37.5 Å². The Morgan fingerprint density at radius 1 is 0.933 bits per heavy atom. The largest absolute Gasteiger partial charge is 0.327 e. The Morgan fingerprint density at radius 3 is 1.80 bits per heavy atom. The molecular formula is C12H29N3. The van der Waals surface area contributed by atoms with E-state index >= 15 is 0 Å². The zero-order valence-electron chi connectivity index (χ0n) is 11.0. The summed E-state index contributed by atoms with van der Waals surface area (Å²) in [6, 6.07) is 0.290. The Kier molecular flexibility index (Phi) is 9.06. The molecule has 2 N–H and O–H groups in total. The molecule has 92 valence electrons. The van der Waals surface area contributed by atoms with Gasteiger partial charge in [-0.1, -0.05) is 20.8 Å². The van der Waals surface area contributed by atoms with Crippen molar-refractivity contribution in [2.45, 2.75) is 40.2 Å². The monoisotopic (exact) mass is 215 g/mol. The fraction of sp³-hybridized carbons (Fsp3) is 1.00. The maximum absolute atomic E-state index is 5.80. The van der Waals surface area contributed by atoms with Crippen LogP contribution in [-0.4, -0.2) is 55.1 Å². The summed E-state index contributed by atoms with van der Waals surface area (Å²) in [5, 5.41) is 0. The Bertz CT molecular complexity index is 133. The van der Waals surface area contributed by atoms with Gasteiger partial charge in [-0.05, 0) is 46.1 Å². The average molecular weight is 215 g/mol. The SMILES string of the molecule is CCN(CC)CCCN(CC)C[C@@H](C)N. The second-order valence-corrected chi connectivity index (χ2v) is 4.25. The molecule has 0 aliphatic rings. The molecule has 0 heterocycles. The van der Waals surface area contributed by atoms with Crippen molar-refractivity contribution in [2.24, 2.45) is 5.73 Å². The minimum Gasteiger partial charge on any atom is -0.327 e. The summed E-state index contributed by atoms with van der Waals surface area (Å²) in [5.41, 5.74) is 5.80. The van der Waals surface area contributed by atoms with Gasteiger partial charge in [0.25, 0.3) is 0 Å². The molecule has 3 nitrogen and oxygen atoms in total. The van der Waals surface area contributed by atoms with Crippen LogP contribution in [0.25, 0.3) is 0 Å². The number of hydrogen-bond acceptors (Lipinski definition) is 3.